The monoisotopic (exact) mass is 397 g/mol. The van der Waals surface area contributed by atoms with Crippen LogP contribution in [-0.2, 0) is 19.6 Å². The third-order valence-electron chi connectivity index (χ3n) is 5.01. The molecular weight excluding hydrogens is 370 g/mol. The molecule has 1 amide bonds. The summed E-state index contributed by atoms with van der Waals surface area (Å²) in [5, 5.41) is 0. The molecule has 0 unspecified atom stereocenters. The Balaban J connectivity index is 1.46. The van der Waals surface area contributed by atoms with E-state index in [1.165, 1.54) is 4.31 Å². The summed E-state index contributed by atoms with van der Waals surface area (Å²) in [4.78, 5) is 16.4. The van der Waals surface area contributed by atoms with Gasteiger partial charge in [0.2, 0.25) is 15.9 Å². The van der Waals surface area contributed by atoms with Crippen molar-refractivity contribution in [2.75, 3.05) is 70.2 Å². The Bertz CT molecular complexity index is 724. The number of rotatable bonds is 6. The average Bonchev–Trinajstić information content (AvgIpc) is 2.73. The fourth-order valence-electron chi connectivity index (χ4n) is 3.34. The summed E-state index contributed by atoms with van der Waals surface area (Å²) in [6.45, 7) is 4.24. The van der Waals surface area contributed by atoms with E-state index >= 15 is 0 Å². The van der Waals surface area contributed by atoms with Gasteiger partial charge in [-0.2, -0.15) is 4.31 Å². The molecule has 8 nitrogen and oxygen atoms in total. The molecule has 0 N–H and O–H groups in total. The Morgan fingerprint density at radius 3 is 2.26 bits per heavy atom. The summed E-state index contributed by atoms with van der Waals surface area (Å²) in [6, 6.07) is 7.85. The van der Waals surface area contributed by atoms with Crippen LogP contribution >= 0.6 is 0 Å². The molecule has 0 bridgehead atoms. The lowest BCUT2D eigenvalue weighted by molar-refractivity contribution is -0.131. The van der Waals surface area contributed by atoms with E-state index < -0.39 is 10.0 Å². The lowest BCUT2D eigenvalue weighted by Crippen LogP contribution is -2.49. The van der Waals surface area contributed by atoms with E-state index in [2.05, 4.69) is 4.90 Å². The summed E-state index contributed by atoms with van der Waals surface area (Å²) < 4.78 is 36.5. The predicted octanol–water partition coefficient (Wildman–Crippen LogP) is 0.396. The molecule has 0 saturated carbocycles. The van der Waals surface area contributed by atoms with Gasteiger partial charge in [0.15, 0.2) is 0 Å². The number of ether oxygens (including phenoxy) is 2. The van der Waals surface area contributed by atoms with Crippen LogP contribution in [-0.4, -0.2) is 88.9 Å². The van der Waals surface area contributed by atoms with Crippen molar-refractivity contribution in [1.29, 1.82) is 0 Å². The smallest absolute Gasteiger partial charge is 0.223 e. The van der Waals surface area contributed by atoms with Gasteiger partial charge >= 0.3 is 0 Å². The highest BCUT2D eigenvalue weighted by Gasteiger charge is 2.27. The van der Waals surface area contributed by atoms with E-state index in [0.717, 1.165) is 24.5 Å². The van der Waals surface area contributed by atoms with E-state index in [0.29, 0.717) is 39.4 Å². The van der Waals surface area contributed by atoms with E-state index in [4.69, 9.17) is 9.47 Å². The molecule has 2 fully saturated rings. The third-order valence-corrected chi connectivity index (χ3v) is 6.88. The molecule has 0 aromatic heterocycles. The van der Waals surface area contributed by atoms with E-state index in [-0.39, 0.29) is 18.1 Å². The molecule has 0 radical (unpaired) electrons. The third kappa shape index (κ3) is 5.12. The molecule has 0 atom stereocenters. The number of piperazine rings is 1. The predicted molar refractivity (Wildman–Crippen MR) is 103 cm³/mol. The second-order valence-electron chi connectivity index (χ2n) is 6.64. The number of nitrogens with zero attached hydrogens (tertiary/aromatic N) is 3. The molecule has 2 aliphatic heterocycles. The molecule has 2 saturated heterocycles. The number of carbonyl (C=O) groups is 1. The van der Waals surface area contributed by atoms with Crippen LogP contribution in [0.15, 0.2) is 24.3 Å². The van der Waals surface area contributed by atoms with Crippen molar-refractivity contribution in [3.8, 4) is 5.75 Å². The Morgan fingerprint density at radius 1 is 1.04 bits per heavy atom. The van der Waals surface area contributed by atoms with Gasteiger partial charge in [-0.3, -0.25) is 4.79 Å². The standard InChI is InChI=1S/C18H27N3O5S/c1-25-17-4-2-16(3-5-17)19-7-9-20(10-8-19)18(22)6-15-27(23,24)21-11-13-26-14-12-21/h2-5H,6-15H2,1H3. The first-order valence-electron chi connectivity index (χ1n) is 9.22. The average molecular weight is 397 g/mol. The van der Waals surface area contributed by atoms with Crippen molar-refractivity contribution in [3.63, 3.8) is 0 Å². The fraction of sp³-hybridized carbons (Fsp3) is 0.611. The quantitative estimate of drug-likeness (QED) is 0.691. The number of morpholine rings is 1. The Labute approximate surface area is 160 Å². The Kier molecular flexibility index (Phi) is 6.56. The molecule has 27 heavy (non-hydrogen) atoms. The number of carbonyl (C=O) groups excluding carboxylic acids is 1. The lowest BCUT2D eigenvalue weighted by Gasteiger charge is -2.36. The summed E-state index contributed by atoms with van der Waals surface area (Å²) in [5.41, 5.74) is 1.10. The van der Waals surface area contributed by atoms with Gasteiger partial charge < -0.3 is 19.3 Å². The van der Waals surface area contributed by atoms with Crippen molar-refractivity contribution in [2.45, 2.75) is 6.42 Å². The minimum atomic E-state index is -3.39. The van der Waals surface area contributed by atoms with Gasteiger partial charge in [-0.15, -0.1) is 0 Å². The number of methoxy groups -OCH3 is 1. The van der Waals surface area contributed by atoms with Gasteiger partial charge in [0, 0.05) is 51.4 Å². The Hall–Kier alpha value is -1.84. The summed E-state index contributed by atoms with van der Waals surface area (Å²) in [6.07, 6.45) is 0.0300. The van der Waals surface area contributed by atoms with Crippen molar-refractivity contribution in [3.05, 3.63) is 24.3 Å². The highest BCUT2D eigenvalue weighted by Crippen LogP contribution is 2.20. The number of amides is 1. The number of sulfonamides is 1. The molecule has 1 aromatic rings. The van der Waals surface area contributed by atoms with E-state index in [1.807, 2.05) is 24.3 Å². The zero-order valence-corrected chi connectivity index (χ0v) is 16.5. The molecule has 2 aliphatic rings. The topological polar surface area (TPSA) is 79.4 Å². The number of hydrogen-bond donors (Lipinski definition) is 0. The second-order valence-corrected chi connectivity index (χ2v) is 8.73. The molecule has 2 heterocycles. The largest absolute Gasteiger partial charge is 0.497 e. The van der Waals surface area contributed by atoms with Crippen molar-refractivity contribution in [1.82, 2.24) is 9.21 Å². The lowest BCUT2D eigenvalue weighted by atomic mass is 10.2. The van der Waals surface area contributed by atoms with Crippen LogP contribution in [0.4, 0.5) is 5.69 Å². The minimum Gasteiger partial charge on any atom is -0.497 e. The molecule has 9 heteroatoms. The molecule has 1 aromatic carbocycles. The minimum absolute atomic E-state index is 0.0300. The van der Waals surface area contributed by atoms with Crippen molar-refractivity contribution < 1.29 is 22.7 Å². The van der Waals surface area contributed by atoms with Crippen LogP contribution < -0.4 is 9.64 Å². The first kappa shape index (κ1) is 19.9. The summed E-state index contributed by atoms with van der Waals surface area (Å²) in [7, 11) is -1.76. The van der Waals surface area contributed by atoms with Crippen LogP contribution in [0, 0.1) is 0 Å². The van der Waals surface area contributed by atoms with Crippen molar-refractivity contribution in [2.24, 2.45) is 0 Å². The maximum atomic E-state index is 12.4. The van der Waals surface area contributed by atoms with Gasteiger partial charge in [0.05, 0.1) is 26.1 Å². The van der Waals surface area contributed by atoms with E-state index in [9.17, 15) is 13.2 Å². The van der Waals surface area contributed by atoms with E-state index in [1.54, 1.807) is 12.0 Å². The first-order valence-corrected chi connectivity index (χ1v) is 10.8. The molecule has 3 rings (SSSR count). The second kappa shape index (κ2) is 8.90. The normalized spacial score (nSPS) is 19.1. The zero-order valence-electron chi connectivity index (χ0n) is 15.7. The maximum Gasteiger partial charge on any atom is 0.223 e. The van der Waals surface area contributed by atoms with Crippen LogP contribution in [0.3, 0.4) is 0 Å². The van der Waals surface area contributed by atoms with Crippen LogP contribution in [0.2, 0.25) is 0 Å². The van der Waals surface area contributed by atoms with Gasteiger partial charge in [-0.1, -0.05) is 0 Å². The Morgan fingerprint density at radius 2 is 1.67 bits per heavy atom. The highest BCUT2D eigenvalue weighted by molar-refractivity contribution is 7.89. The molecular formula is C18H27N3O5S. The highest BCUT2D eigenvalue weighted by atomic mass is 32.2. The SMILES string of the molecule is COc1ccc(N2CCN(C(=O)CCS(=O)(=O)N3CCOCC3)CC2)cc1. The fourth-order valence-corrected chi connectivity index (χ4v) is 4.73. The molecule has 0 spiro atoms. The zero-order chi connectivity index (χ0) is 19.3. The summed E-state index contributed by atoms with van der Waals surface area (Å²) >= 11 is 0. The number of hydrogen-bond acceptors (Lipinski definition) is 6. The maximum absolute atomic E-state index is 12.4. The van der Waals surface area contributed by atoms with Crippen LogP contribution in [0.5, 0.6) is 5.75 Å². The molecule has 0 aliphatic carbocycles. The van der Waals surface area contributed by atoms with Gasteiger partial charge in [0.25, 0.3) is 0 Å². The first-order chi connectivity index (χ1) is 13.0. The van der Waals surface area contributed by atoms with Gasteiger partial charge in [0.1, 0.15) is 5.75 Å². The van der Waals surface area contributed by atoms with Crippen LogP contribution in [0.1, 0.15) is 6.42 Å². The number of benzene rings is 1. The molecule has 150 valence electrons. The number of anilines is 1. The van der Waals surface area contributed by atoms with Crippen LogP contribution in [0.25, 0.3) is 0 Å². The van der Waals surface area contributed by atoms with Gasteiger partial charge in [-0.25, -0.2) is 8.42 Å². The van der Waals surface area contributed by atoms with Crippen molar-refractivity contribution >= 4 is 21.6 Å². The summed E-state index contributed by atoms with van der Waals surface area (Å²) in [5.74, 6) is 0.583. The van der Waals surface area contributed by atoms with Gasteiger partial charge in [-0.05, 0) is 24.3 Å².